The summed E-state index contributed by atoms with van der Waals surface area (Å²) in [6, 6.07) is 13.3. The highest BCUT2D eigenvalue weighted by Crippen LogP contribution is 2.21. The van der Waals surface area contributed by atoms with Gasteiger partial charge >= 0.3 is 6.03 Å². The van der Waals surface area contributed by atoms with Gasteiger partial charge < -0.3 is 14.7 Å². The Kier molecular flexibility index (Phi) is 7.15. The van der Waals surface area contributed by atoms with Crippen molar-refractivity contribution in [2.45, 2.75) is 6.54 Å². The van der Waals surface area contributed by atoms with Gasteiger partial charge in [-0.25, -0.2) is 10.6 Å². The number of carbonyl (C=O) groups excluding carboxylic acids is 3. The van der Waals surface area contributed by atoms with Crippen molar-refractivity contribution in [3.63, 3.8) is 0 Å². The lowest BCUT2D eigenvalue weighted by atomic mass is 10.2. The standard InChI is InChI=1S/C20H21Cl2N5O3/c21-15-6-4-14(5-7-15)11-26(20(30)24-23)12-18(28)25-8-9-27(19(29)13-25)17-3-1-2-16(22)10-17/h1-7,10H,8-9,11-13,23H2,(H,24,30). The van der Waals surface area contributed by atoms with E-state index in [2.05, 4.69) is 5.43 Å². The fourth-order valence-electron chi connectivity index (χ4n) is 3.17. The van der Waals surface area contributed by atoms with Crippen LogP contribution in [-0.2, 0) is 16.1 Å². The summed E-state index contributed by atoms with van der Waals surface area (Å²) in [6.07, 6.45) is 0. The van der Waals surface area contributed by atoms with Crippen LogP contribution in [0.4, 0.5) is 10.5 Å². The Hall–Kier alpha value is -2.81. The Morgan fingerprint density at radius 3 is 2.43 bits per heavy atom. The van der Waals surface area contributed by atoms with E-state index in [0.717, 1.165) is 5.56 Å². The molecule has 10 heteroatoms. The molecule has 0 spiro atoms. The molecule has 2 aromatic carbocycles. The molecule has 0 aromatic heterocycles. The molecule has 1 aliphatic rings. The van der Waals surface area contributed by atoms with Crippen molar-refractivity contribution in [3.8, 4) is 0 Å². The SMILES string of the molecule is NNC(=O)N(CC(=O)N1CCN(c2cccc(Cl)c2)C(=O)C1)Cc1ccc(Cl)cc1. The minimum atomic E-state index is -0.595. The number of hydrogen-bond donors (Lipinski definition) is 2. The largest absolute Gasteiger partial charge is 0.332 e. The highest BCUT2D eigenvalue weighted by molar-refractivity contribution is 6.31. The van der Waals surface area contributed by atoms with E-state index in [4.69, 9.17) is 29.0 Å². The van der Waals surface area contributed by atoms with Crippen LogP contribution in [-0.4, -0.2) is 53.8 Å². The molecular weight excluding hydrogens is 429 g/mol. The average molecular weight is 450 g/mol. The molecule has 0 unspecified atom stereocenters. The third kappa shape index (κ3) is 5.41. The van der Waals surface area contributed by atoms with Crippen molar-refractivity contribution >= 4 is 46.7 Å². The van der Waals surface area contributed by atoms with Crippen LogP contribution in [0.15, 0.2) is 48.5 Å². The van der Waals surface area contributed by atoms with Gasteiger partial charge in [-0.2, -0.15) is 0 Å². The van der Waals surface area contributed by atoms with Crippen molar-refractivity contribution in [2.75, 3.05) is 31.1 Å². The maximum atomic E-state index is 12.8. The zero-order valence-electron chi connectivity index (χ0n) is 16.1. The molecular formula is C20H21Cl2N5O3. The topological polar surface area (TPSA) is 99.0 Å². The van der Waals surface area contributed by atoms with E-state index >= 15 is 0 Å². The van der Waals surface area contributed by atoms with Gasteiger partial charge in [0, 0.05) is 35.4 Å². The summed E-state index contributed by atoms with van der Waals surface area (Å²) in [6.45, 7) is 0.560. The molecule has 1 fully saturated rings. The van der Waals surface area contributed by atoms with Crippen molar-refractivity contribution in [2.24, 2.45) is 5.84 Å². The number of hydrazine groups is 1. The van der Waals surface area contributed by atoms with Gasteiger partial charge in [0.05, 0.1) is 0 Å². The predicted octanol–water partition coefficient (Wildman–Crippen LogP) is 2.25. The molecule has 0 aliphatic carbocycles. The fourth-order valence-corrected chi connectivity index (χ4v) is 3.48. The molecule has 8 nitrogen and oxygen atoms in total. The molecule has 3 N–H and O–H groups in total. The van der Waals surface area contributed by atoms with Crippen LogP contribution in [0.25, 0.3) is 0 Å². The van der Waals surface area contributed by atoms with Crippen molar-refractivity contribution < 1.29 is 14.4 Å². The van der Waals surface area contributed by atoms with E-state index in [9.17, 15) is 14.4 Å². The average Bonchev–Trinajstić information content (AvgIpc) is 2.74. The summed E-state index contributed by atoms with van der Waals surface area (Å²) in [5, 5.41) is 1.10. The van der Waals surface area contributed by atoms with Crippen molar-refractivity contribution in [1.82, 2.24) is 15.2 Å². The van der Waals surface area contributed by atoms with Crippen LogP contribution >= 0.6 is 23.2 Å². The molecule has 0 bridgehead atoms. The minimum Gasteiger partial charge on any atom is -0.330 e. The van der Waals surface area contributed by atoms with Gasteiger partial charge in [-0.3, -0.25) is 15.0 Å². The Labute approximate surface area is 184 Å². The van der Waals surface area contributed by atoms with E-state index in [1.807, 2.05) is 0 Å². The summed E-state index contributed by atoms with van der Waals surface area (Å²) in [5.41, 5.74) is 3.53. The van der Waals surface area contributed by atoms with Crippen LogP contribution in [0.2, 0.25) is 10.0 Å². The molecule has 30 heavy (non-hydrogen) atoms. The van der Waals surface area contributed by atoms with Gasteiger partial charge in [-0.05, 0) is 35.9 Å². The maximum Gasteiger partial charge on any atom is 0.332 e. The zero-order valence-corrected chi connectivity index (χ0v) is 17.6. The summed E-state index contributed by atoms with van der Waals surface area (Å²) < 4.78 is 0. The van der Waals surface area contributed by atoms with Crippen LogP contribution in [0.3, 0.4) is 0 Å². The Balaban J connectivity index is 1.64. The molecule has 3 rings (SSSR count). The van der Waals surface area contributed by atoms with E-state index in [-0.39, 0.29) is 31.4 Å². The zero-order chi connectivity index (χ0) is 21.7. The summed E-state index contributed by atoms with van der Waals surface area (Å²) in [4.78, 5) is 41.8. The lowest BCUT2D eigenvalue weighted by Crippen LogP contribution is -2.55. The third-order valence-corrected chi connectivity index (χ3v) is 5.20. The second-order valence-electron chi connectivity index (χ2n) is 6.77. The number of amides is 4. The summed E-state index contributed by atoms with van der Waals surface area (Å²) in [7, 11) is 0. The van der Waals surface area contributed by atoms with E-state index in [1.165, 1.54) is 9.80 Å². The molecule has 0 atom stereocenters. The summed E-state index contributed by atoms with van der Waals surface area (Å²) in [5.74, 6) is 4.70. The number of nitrogens with zero attached hydrogens (tertiary/aromatic N) is 3. The normalized spacial score (nSPS) is 13.9. The molecule has 1 saturated heterocycles. The molecule has 2 aromatic rings. The third-order valence-electron chi connectivity index (χ3n) is 4.72. The van der Waals surface area contributed by atoms with Gasteiger partial charge in [-0.15, -0.1) is 0 Å². The number of rotatable bonds is 5. The molecule has 0 radical (unpaired) electrons. The number of hydrogen-bond acceptors (Lipinski definition) is 4. The number of benzene rings is 2. The first-order valence-corrected chi connectivity index (χ1v) is 9.96. The second kappa shape index (κ2) is 9.80. The Morgan fingerprint density at radius 2 is 1.80 bits per heavy atom. The molecule has 1 heterocycles. The first kappa shape index (κ1) is 21.9. The van der Waals surface area contributed by atoms with Crippen molar-refractivity contribution in [3.05, 3.63) is 64.1 Å². The number of piperazine rings is 1. The number of nitrogens with one attached hydrogen (secondary N) is 1. The maximum absolute atomic E-state index is 12.8. The molecule has 1 aliphatic heterocycles. The fraction of sp³-hybridized carbons (Fsp3) is 0.250. The number of halogens is 2. The number of carbonyl (C=O) groups is 3. The van der Waals surface area contributed by atoms with E-state index in [1.54, 1.807) is 53.4 Å². The lowest BCUT2D eigenvalue weighted by molar-refractivity contribution is -0.137. The van der Waals surface area contributed by atoms with Crippen LogP contribution in [0.5, 0.6) is 0 Å². The smallest absolute Gasteiger partial charge is 0.330 e. The van der Waals surface area contributed by atoms with Crippen LogP contribution in [0, 0.1) is 0 Å². The number of anilines is 1. The highest BCUT2D eigenvalue weighted by atomic mass is 35.5. The van der Waals surface area contributed by atoms with Gasteiger partial charge in [-0.1, -0.05) is 41.4 Å². The quantitative estimate of drug-likeness (QED) is 0.415. The highest BCUT2D eigenvalue weighted by Gasteiger charge is 2.29. The van der Waals surface area contributed by atoms with E-state index < -0.39 is 6.03 Å². The monoisotopic (exact) mass is 449 g/mol. The Bertz CT molecular complexity index is 938. The van der Waals surface area contributed by atoms with Crippen LogP contribution < -0.4 is 16.2 Å². The van der Waals surface area contributed by atoms with Crippen molar-refractivity contribution in [1.29, 1.82) is 0 Å². The molecule has 4 amide bonds. The van der Waals surface area contributed by atoms with Gasteiger partial charge in [0.2, 0.25) is 11.8 Å². The van der Waals surface area contributed by atoms with Gasteiger partial charge in [0.1, 0.15) is 13.1 Å². The second-order valence-corrected chi connectivity index (χ2v) is 7.65. The molecule has 158 valence electrons. The first-order chi connectivity index (χ1) is 14.4. The number of urea groups is 1. The van der Waals surface area contributed by atoms with Gasteiger partial charge in [0.15, 0.2) is 0 Å². The first-order valence-electron chi connectivity index (χ1n) is 9.21. The van der Waals surface area contributed by atoms with Gasteiger partial charge in [0.25, 0.3) is 0 Å². The lowest BCUT2D eigenvalue weighted by Gasteiger charge is -2.35. The van der Waals surface area contributed by atoms with Crippen LogP contribution in [0.1, 0.15) is 5.56 Å². The number of nitrogens with two attached hydrogens (primary N) is 1. The van der Waals surface area contributed by atoms with E-state index in [0.29, 0.717) is 28.8 Å². The summed E-state index contributed by atoms with van der Waals surface area (Å²) >= 11 is 11.9. The minimum absolute atomic E-state index is 0.0790. The Morgan fingerprint density at radius 1 is 1.07 bits per heavy atom. The molecule has 0 saturated carbocycles. The predicted molar refractivity (Wildman–Crippen MR) is 115 cm³/mol.